The van der Waals surface area contributed by atoms with Crippen LogP contribution in [0.25, 0.3) is 0 Å². The Morgan fingerprint density at radius 1 is 1.14 bits per heavy atom. The van der Waals surface area contributed by atoms with E-state index >= 15 is 0 Å². The van der Waals surface area contributed by atoms with Crippen molar-refractivity contribution in [2.75, 3.05) is 0 Å². The SMILES string of the molecule is Cc1ccc(CNC(CC(N)=NO)c2ccccc2)cc1. The Kier molecular flexibility index (Phi) is 5.35. The minimum Gasteiger partial charge on any atom is -0.409 e. The maximum absolute atomic E-state index is 8.78. The second kappa shape index (κ2) is 7.45. The fourth-order valence-corrected chi connectivity index (χ4v) is 2.19. The number of hydrogen-bond donors (Lipinski definition) is 3. The third-order valence-electron chi connectivity index (χ3n) is 3.42. The van der Waals surface area contributed by atoms with Crippen LogP contribution in [0.2, 0.25) is 0 Å². The van der Waals surface area contributed by atoms with E-state index in [-0.39, 0.29) is 11.9 Å². The van der Waals surface area contributed by atoms with Gasteiger partial charge in [0.1, 0.15) is 5.84 Å². The highest BCUT2D eigenvalue weighted by Gasteiger charge is 2.13. The Balaban J connectivity index is 2.07. The monoisotopic (exact) mass is 283 g/mol. The van der Waals surface area contributed by atoms with Crippen molar-refractivity contribution >= 4 is 5.84 Å². The van der Waals surface area contributed by atoms with E-state index in [4.69, 9.17) is 10.9 Å². The van der Waals surface area contributed by atoms with Gasteiger partial charge in [0.2, 0.25) is 0 Å². The molecule has 21 heavy (non-hydrogen) atoms. The molecule has 0 radical (unpaired) electrons. The number of rotatable bonds is 6. The molecule has 2 aromatic rings. The zero-order valence-corrected chi connectivity index (χ0v) is 12.2. The van der Waals surface area contributed by atoms with Crippen LogP contribution in [0, 0.1) is 6.92 Å². The second-order valence-corrected chi connectivity index (χ2v) is 5.13. The first-order valence-corrected chi connectivity index (χ1v) is 6.99. The maximum atomic E-state index is 8.78. The van der Waals surface area contributed by atoms with E-state index in [1.54, 1.807) is 0 Å². The van der Waals surface area contributed by atoms with Crippen molar-refractivity contribution in [3.05, 3.63) is 71.3 Å². The summed E-state index contributed by atoms with van der Waals surface area (Å²) in [6, 6.07) is 18.4. The zero-order chi connectivity index (χ0) is 15.1. The van der Waals surface area contributed by atoms with Gasteiger partial charge < -0.3 is 16.3 Å². The van der Waals surface area contributed by atoms with Gasteiger partial charge in [-0.15, -0.1) is 0 Å². The molecule has 0 heterocycles. The number of benzene rings is 2. The van der Waals surface area contributed by atoms with Gasteiger partial charge in [0.25, 0.3) is 0 Å². The van der Waals surface area contributed by atoms with Crippen molar-refractivity contribution in [2.45, 2.75) is 25.9 Å². The number of nitrogens with one attached hydrogen (secondary N) is 1. The minimum atomic E-state index is 0.0170. The maximum Gasteiger partial charge on any atom is 0.141 e. The van der Waals surface area contributed by atoms with Gasteiger partial charge in [-0.1, -0.05) is 65.3 Å². The molecule has 0 spiro atoms. The Morgan fingerprint density at radius 2 is 1.81 bits per heavy atom. The van der Waals surface area contributed by atoms with Crippen molar-refractivity contribution in [3.63, 3.8) is 0 Å². The summed E-state index contributed by atoms with van der Waals surface area (Å²) < 4.78 is 0. The molecule has 0 bridgehead atoms. The molecule has 110 valence electrons. The molecule has 0 amide bonds. The van der Waals surface area contributed by atoms with Crippen LogP contribution in [-0.2, 0) is 6.54 Å². The van der Waals surface area contributed by atoms with Crippen LogP contribution in [0.1, 0.15) is 29.2 Å². The van der Waals surface area contributed by atoms with Crippen molar-refractivity contribution < 1.29 is 5.21 Å². The summed E-state index contributed by atoms with van der Waals surface area (Å²) in [7, 11) is 0. The predicted molar refractivity (Wildman–Crippen MR) is 85.2 cm³/mol. The van der Waals surface area contributed by atoms with Crippen molar-refractivity contribution in [2.24, 2.45) is 10.9 Å². The van der Waals surface area contributed by atoms with E-state index in [1.165, 1.54) is 11.1 Å². The lowest BCUT2D eigenvalue weighted by Gasteiger charge is -2.19. The average molecular weight is 283 g/mol. The summed E-state index contributed by atoms with van der Waals surface area (Å²) in [6.45, 7) is 2.81. The van der Waals surface area contributed by atoms with Gasteiger partial charge in [-0.25, -0.2) is 0 Å². The lowest BCUT2D eigenvalue weighted by Crippen LogP contribution is -2.26. The highest BCUT2D eigenvalue weighted by Crippen LogP contribution is 2.17. The molecule has 0 fully saturated rings. The number of oxime groups is 1. The largest absolute Gasteiger partial charge is 0.409 e. The smallest absolute Gasteiger partial charge is 0.141 e. The lowest BCUT2D eigenvalue weighted by molar-refractivity contribution is 0.315. The standard InChI is InChI=1S/C17H21N3O/c1-13-7-9-14(10-8-13)12-19-16(11-17(18)20-21)15-5-3-2-4-6-15/h2-10,16,19,21H,11-12H2,1H3,(H2,18,20). The lowest BCUT2D eigenvalue weighted by atomic mass is 10.0. The summed E-state index contributed by atoms with van der Waals surface area (Å²) in [4.78, 5) is 0. The molecule has 4 N–H and O–H groups in total. The zero-order valence-electron chi connectivity index (χ0n) is 12.2. The molecule has 0 aliphatic rings. The van der Waals surface area contributed by atoms with Gasteiger partial charge in [0.05, 0.1) is 0 Å². The Hall–Kier alpha value is -2.33. The third-order valence-corrected chi connectivity index (χ3v) is 3.42. The molecule has 0 saturated carbocycles. The molecular formula is C17H21N3O. The van der Waals surface area contributed by atoms with Crippen LogP contribution >= 0.6 is 0 Å². The number of nitrogens with two attached hydrogens (primary N) is 1. The number of hydrogen-bond acceptors (Lipinski definition) is 3. The van der Waals surface area contributed by atoms with Crippen LogP contribution in [0.5, 0.6) is 0 Å². The normalized spacial score (nSPS) is 13.1. The second-order valence-electron chi connectivity index (χ2n) is 5.13. The molecule has 0 aliphatic carbocycles. The van der Waals surface area contributed by atoms with Gasteiger partial charge in [-0.05, 0) is 18.1 Å². The van der Waals surface area contributed by atoms with E-state index in [0.29, 0.717) is 6.42 Å². The molecule has 2 aromatic carbocycles. The van der Waals surface area contributed by atoms with Crippen LogP contribution in [0.3, 0.4) is 0 Å². The molecule has 1 unspecified atom stereocenters. The van der Waals surface area contributed by atoms with Crippen molar-refractivity contribution in [1.82, 2.24) is 5.32 Å². The van der Waals surface area contributed by atoms with Gasteiger partial charge in [-0.3, -0.25) is 0 Å². The van der Waals surface area contributed by atoms with Gasteiger partial charge in [0.15, 0.2) is 0 Å². The van der Waals surface area contributed by atoms with Crippen LogP contribution in [0.4, 0.5) is 0 Å². The topological polar surface area (TPSA) is 70.6 Å². The van der Waals surface area contributed by atoms with Gasteiger partial charge in [-0.2, -0.15) is 0 Å². The van der Waals surface area contributed by atoms with Crippen molar-refractivity contribution in [1.29, 1.82) is 0 Å². The predicted octanol–water partition coefficient (Wildman–Crippen LogP) is 2.96. The summed E-state index contributed by atoms with van der Waals surface area (Å²) in [5, 5.41) is 15.3. The highest BCUT2D eigenvalue weighted by molar-refractivity contribution is 5.80. The fourth-order valence-electron chi connectivity index (χ4n) is 2.19. The summed E-state index contributed by atoms with van der Waals surface area (Å²) >= 11 is 0. The minimum absolute atomic E-state index is 0.0170. The molecule has 4 nitrogen and oxygen atoms in total. The van der Waals surface area contributed by atoms with E-state index in [1.807, 2.05) is 30.3 Å². The molecule has 2 rings (SSSR count). The average Bonchev–Trinajstić information content (AvgIpc) is 2.53. The third kappa shape index (κ3) is 4.61. The number of aryl methyl sites for hydroxylation is 1. The van der Waals surface area contributed by atoms with Crippen molar-refractivity contribution in [3.8, 4) is 0 Å². The fraction of sp³-hybridized carbons (Fsp3) is 0.235. The molecule has 4 heteroatoms. The number of amidine groups is 1. The Labute approximate surface area is 125 Å². The summed E-state index contributed by atoms with van der Waals surface area (Å²) in [5.74, 6) is 0.222. The molecule has 1 atom stereocenters. The highest BCUT2D eigenvalue weighted by atomic mass is 16.4. The van der Waals surface area contributed by atoms with E-state index in [0.717, 1.165) is 12.1 Å². The van der Waals surface area contributed by atoms with E-state index in [9.17, 15) is 0 Å². The van der Waals surface area contributed by atoms with Crippen LogP contribution in [0.15, 0.2) is 59.8 Å². The first kappa shape index (κ1) is 15.1. The quantitative estimate of drug-likeness (QED) is 0.330. The summed E-state index contributed by atoms with van der Waals surface area (Å²) in [6.07, 6.45) is 0.465. The first-order chi connectivity index (χ1) is 10.2. The molecular weight excluding hydrogens is 262 g/mol. The van der Waals surface area contributed by atoms with Gasteiger partial charge in [0, 0.05) is 19.0 Å². The Morgan fingerprint density at radius 3 is 2.43 bits per heavy atom. The first-order valence-electron chi connectivity index (χ1n) is 6.99. The van der Waals surface area contributed by atoms with Crippen LogP contribution < -0.4 is 11.1 Å². The van der Waals surface area contributed by atoms with E-state index in [2.05, 4.69) is 41.7 Å². The summed E-state index contributed by atoms with van der Waals surface area (Å²) in [5.41, 5.74) is 9.24. The van der Waals surface area contributed by atoms with E-state index < -0.39 is 0 Å². The molecule has 0 aliphatic heterocycles. The van der Waals surface area contributed by atoms with Crippen LogP contribution in [-0.4, -0.2) is 11.0 Å². The molecule has 0 aromatic heterocycles. The number of nitrogens with zero attached hydrogens (tertiary/aromatic N) is 1. The van der Waals surface area contributed by atoms with Gasteiger partial charge >= 0.3 is 0 Å². The molecule has 0 saturated heterocycles. The Bertz CT molecular complexity index is 579.